The molecule has 3 rings (SSSR count). The minimum atomic E-state index is -0.0559. The van der Waals surface area contributed by atoms with E-state index in [1.54, 1.807) is 0 Å². The molecule has 0 amide bonds. The van der Waals surface area contributed by atoms with E-state index < -0.39 is 0 Å². The summed E-state index contributed by atoms with van der Waals surface area (Å²) < 4.78 is 12.7. The van der Waals surface area contributed by atoms with Gasteiger partial charge in [-0.3, -0.25) is 0 Å². The molecule has 0 spiro atoms. The number of rotatable bonds is 4. The average Bonchev–Trinajstić information content (AvgIpc) is 2.93. The normalized spacial score (nSPS) is 23.9. The first-order valence-corrected chi connectivity index (χ1v) is 9.13. The Morgan fingerprint density at radius 1 is 1.43 bits per heavy atom. The number of halogens is 1. The SMILES string of the molecule is CC(C)N1c2c(Br)cc(C#N)cc2CC1COC1CCCCO1. The van der Waals surface area contributed by atoms with Gasteiger partial charge >= 0.3 is 0 Å². The summed E-state index contributed by atoms with van der Waals surface area (Å²) in [6, 6.07) is 6.82. The molecule has 1 aromatic rings. The Hall–Kier alpha value is -1.09. The van der Waals surface area contributed by atoms with Crippen LogP contribution >= 0.6 is 15.9 Å². The van der Waals surface area contributed by atoms with Crippen LogP contribution in [0.2, 0.25) is 0 Å². The Morgan fingerprint density at radius 2 is 2.26 bits per heavy atom. The van der Waals surface area contributed by atoms with Gasteiger partial charge in [0, 0.05) is 17.1 Å². The summed E-state index contributed by atoms with van der Waals surface area (Å²) in [5, 5.41) is 9.18. The fourth-order valence-corrected chi connectivity index (χ4v) is 4.29. The lowest BCUT2D eigenvalue weighted by molar-refractivity contribution is -0.164. The van der Waals surface area contributed by atoms with Gasteiger partial charge in [0.15, 0.2) is 6.29 Å². The smallest absolute Gasteiger partial charge is 0.157 e. The molecule has 1 fully saturated rings. The molecular weight excluding hydrogens is 356 g/mol. The molecule has 2 aliphatic heterocycles. The number of fused-ring (bicyclic) bond motifs is 1. The van der Waals surface area contributed by atoms with E-state index in [4.69, 9.17) is 9.47 Å². The number of nitriles is 1. The van der Waals surface area contributed by atoms with Crippen LogP contribution in [-0.4, -0.2) is 31.6 Å². The summed E-state index contributed by atoms with van der Waals surface area (Å²) in [4.78, 5) is 2.41. The van der Waals surface area contributed by atoms with Crippen molar-refractivity contribution in [1.29, 1.82) is 5.26 Å². The zero-order chi connectivity index (χ0) is 16.4. The quantitative estimate of drug-likeness (QED) is 0.793. The Balaban J connectivity index is 1.76. The summed E-state index contributed by atoms with van der Waals surface area (Å²) in [6.07, 6.45) is 4.16. The highest BCUT2D eigenvalue weighted by Crippen LogP contribution is 2.40. The van der Waals surface area contributed by atoms with Crippen molar-refractivity contribution in [3.05, 3.63) is 27.7 Å². The van der Waals surface area contributed by atoms with Crippen LogP contribution in [0.25, 0.3) is 0 Å². The molecule has 0 bridgehead atoms. The monoisotopic (exact) mass is 378 g/mol. The molecule has 2 heterocycles. The van der Waals surface area contributed by atoms with Crippen molar-refractivity contribution < 1.29 is 9.47 Å². The molecule has 23 heavy (non-hydrogen) atoms. The highest BCUT2D eigenvalue weighted by Gasteiger charge is 2.34. The number of anilines is 1. The summed E-state index contributed by atoms with van der Waals surface area (Å²) in [5.74, 6) is 0. The lowest BCUT2D eigenvalue weighted by Crippen LogP contribution is -2.42. The number of nitrogens with zero attached hydrogens (tertiary/aromatic N) is 2. The number of hydrogen-bond acceptors (Lipinski definition) is 4. The average molecular weight is 379 g/mol. The molecule has 2 aliphatic rings. The van der Waals surface area contributed by atoms with Gasteiger partial charge in [-0.05, 0) is 73.2 Å². The molecule has 0 N–H and O–H groups in total. The Labute approximate surface area is 146 Å². The summed E-state index contributed by atoms with van der Waals surface area (Å²) >= 11 is 3.64. The third kappa shape index (κ3) is 3.55. The molecule has 0 aliphatic carbocycles. The van der Waals surface area contributed by atoms with Crippen molar-refractivity contribution in [2.45, 2.75) is 57.9 Å². The maximum absolute atomic E-state index is 9.18. The van der Waals surface area contributed by atoms with Crippen molar-refractivity contribution >= 4 is 21.6 Å². The Kier molecular flexibility index (Phi) is 5.25. The lowest BCUT2D eigenvalue weighted by atomic mass is 10.1. The molecule has 0 saturated carbocycles. The third-order valence-electron chi connectivity index (χ3n) is 4.55. The standard InChI is InChI=1S/C18H23BrN2O2/c1-12(2)21-15(11-23-17-5-3-4-6-22-17)9-14-7-13(10-20)8-16(19)18(14)21/h7-8,12,15,17H,3-6,9,11H2,1-2H3. The van der Waals surface area contributed by atoms with E-state index in [9.17, 15) is 5.26 Å². The van der Waals surface area contributed by atoms with Crippen LogP contribution in [0.3, 0.4) is 0 Å². The van der Waals surface area contributed by atoms with Crippen LogP contribution in [0.1, 0.15) is 44.2 Å². The molecule has 1 saturated heterocycles. The van der Waals surface area contributed by atoms with E-state index in [-0.39, 0.29) is 6.29 Å². The van der Waals surface area contributed by atoms with E-state index >= 15 is 0 Å². The van der Waals surface area contributed by atoms with Gasteiger partial charge in [0.25, 0.3) is 0 Å². The summed E-state index contributed by atoms with van der Waals surface area (Å²) in [5.41, 5.74) is 3.14. The second kappa shape index (κ2) is 7.21. The molecule has 4 nitrogen and oxygen atoms in total. The van der Waals surface area contributed by atoms with Gasteiger partial charge in [0.1, 0.15) is 0 Å². The van der Waals surface area contributed by atoms with Crippen LogP contribution in [-0.2, 0) is 15.9 Å². The minimum Gasteiger partial charge on any atom is -0.362 e. The summed E-state index contributed by atoms with van der Waals surface area (Å²) in [6.45, 7) is 5.86. The molecule has 124 valence electrons. The van der Waals surface area contributed by atoms with Crippen molar-refractivity contribution in [3.8, 4) is 6.07 Å². The minimum absolute atomic E-state index is 0.0559. The van der Waals surface area contributed by atoms with E-state index in [2.05, 4.69) is 40.7 Å². The zero-order valence-electron chi connectivity index (χ0n) is 13.7. The Morgan fingerprint density at radius 3 is 2.91 bits per heavy atom. The molecule has 5 heteroatoms. The topological polar surface area (TPSA) is 45.5 Å². The molecule has 0 radical (unpaired) electrons. The highest BCUT2D eigenvalue weighted by molar-refractivity contribution is 9.10. The first kappa shape index (κ1) is 16.8. The molecule has 0 aromatic heterocycles. The van der Waals surface area contributed by atoms with Gasteiger partial charge < -0.3 is 14.4 Å². The Bertz CT molecular complexity index is 606. The maximum Gasteiger partial charge on any atom is 0.157 e. The van der Waals surface area contributed by atoms with Crippen LogP contribution < -0.4 is 4.90 Å². The van der Waals surface area contributed by atoms with Crippen molar-refractivity contribution in [1.82, 2.24) is 0 Å². The van der Waals surface area contributed by atoms with Crippen molar-refractivity contribution in [2.24, 2.45) is 0 Å². The van der Waals surface area contributed by atoms with E-state index in [0.717, 1.165) is 30.3 Å². The van der Waals surface area contributed by atoms with Gasteiger partial charge in [-0.1, -0.05) is 0 Å². The van der Waals surface area contributed by atoms with E-state index in [1.807, 2.05) is 12.1 Å². The van der Waals surface area contributed by atoms with Crippen LogP contribution in [0.15, 0.2) is 16.6 Å². The fourth-order valence-electron chi connectivity index (χ4n) is 3.58. The summed E-state index contributed by atoms with van der Waals surface area (Å²) in [7, 11) is 0. The maximum atomic E-state index is 9.18. The zero-order valence-corrected chi connectivity index (χ0v) is 15.3. The first-order chi connectivity index (χ1) is 11.1. The van der Waals surface area contributed by atoms with Gasteiger partial charge in [0.2, 0.25) is 0 Å². The van der Waals surface area contributed by atoms with Crippen LogP contribution in [0.4, 0.5) is 5.69 Å². The van der Waals surface area contributed by atoms with Gasteiger partial charge in [-0.2, -0.15) is 5.26 Å². The molecule has 2 atom stereocenters. The van der Waals surface area contributed by atoms with Crippen LogP contribution in [0.5, 0.6) is 0 Å². The largest absolute Gasteiger partial charge is 0.362 e. The molecule has 1 aromatic carbocycles. The van der Waals surface area contributed by atoms with Gasteiger partial charge in [-0.15, -0.1) is 0 Å². The number of benzene rings is 1. The number of hydrogen-bond donors (Lipinski definition) is 0. The fraction of sp³-hybridized carbons (Fsp3) is 0.611. The first-order valence-electron chi connectivity index (χ1n) is 8.34. The van der Waals surface area contributed by atoms with Crippen molar-refractivity contribution in [3.63, 3.8) is 0 Å². The number of ether oxygens (including phenoxy) is 2. The highest BCUT2D eigenvalue weighted by atomic mass is 79.9. The second-order valence-electron chi connectivity index (χ2n) is 6.57. The predicted molar refractivity (Wildman–Crippen MR) is 93.5 cm³/mol. The lowest BCUT2D eigenvalue weighted by Gasteiger charge is -2.33. The van der Waals surface area contributed by atoms with Crippen LogP contribution in [0, 0.1) is 11.3 Å². The molecular formula is C18H23BrN2O2. The molecule has 2 unspecified atom stereocenters. The van der Waals surface area contributed by atoms with Gasteiger partial charge in [-0.25, -0.2) is 0 Å². The van der Waals surface area contributed by atoms with E-state index in [0.29, 0.717) is 24.3 Å². The van der Waals surface area contributed by atoms with E-state index in [1.165, 1.54) is 17.7 Å². The van der Waals surface area contributed by atoms with Gasteiger partial charge in [0.05, 0.1) is 30.0 Å². The van der Waals surface area contributed by atoms with Crippen molar-refractivity contribution in [2.75, 3.05) is 18.1 Å². The third-order valence-corrected chi connectivity index (χ3v) is 5.15. The predicted octanol–water partition coefficient (Wildman–Crippen LogP) is 4.00. The second-order valence-corrected chi connectivity index (χ2v) is 7.42.